The molecule has 0 aliphatic carbocycles. The summed E-state index contributed by atoms with van der Waals surface area (Å²) in [4.78, 5) is 21.5. The number of rotatable bonds is 5. The number of aliphatic carboxylic acids is 1. The molecule has 0 aromatic heterocycles. The van der Waals surface area contributed by atoms with Crippen LogP contribution in [0.15, 0.2) is 24.3 Å². The lowest BCUT2D eigenvalue weighted by atomic mass is 10.3. The van der Waals surface area contributed by atoms with Crippen LogP contribution in [0.2, 0.25) is 0 Å². The second-order valence-electron chi connectivity index (χ2n) is 2.99. The Morgan fingerprint density at radius 1 is 1.31 bits per heavy atom. The molecule has 1 aromatic rings. The van der Waals surface area contributed by atoms with Crippen molar-refractivity contribution in [2.75, 3.05) is 16.8 Å². The molecule has 0 atom stereocenters. The maximum Gasteiger partial charge on any atom is 0.313 e. The van der Waals surface area contributed by atoms with Crippen LogP contribution in [0, 0.1) is 0 Å². The summed E-state index contributed by atoms with van der Waals surface area (Å²) in [6.07, 6.45) is 0. The van der Waals surface area contributed by atoms with Crippen molar-refractivity contribution in [2.24, 2.45) is 0 Å². The average Bonchev–Trinajstić information content (AvgIpc) is 2.16. The second kappa shape index (κ2) is 6.02. The van der Waals surface area contributed by atoms with E-state index < -0.39 is 5.97 Å². The summed E-state index contributed by atoms with van der Waals surface area (Å²) in [5, 5.41) is 20.1. The second-order valence-corrected chi connectivity index (χ2v) is 3.97. The Balaban J connectivity index is 2.37. The molecule has 0 bridgehead atoms. The molecule has 0 saturated carbocycles. The fraction of sp³-hybridized carbons (Fsp3) is 0.200. The third-order valence-corrected chi connectivity index (χ3v) is 2.51. The van der Waals surface area contributed by atoms with Gasteiger partial charge in [0.05, 0.1) is 11.5 Å². The van der Waals surface area contributed by atoms with Gasteiger partial charge in [0, 0.05) is 11.8 Å². The fourth-order valence-electron chi connectivity index (χ4n) is 1.01. The Labute approximate surface area is 96.5 Å². The summed E-state index contributed by atoms with van der Waals surface area (Å²) in [5.41, 5.74) is 0.487. The third-order valence-electron chi connectivity index (χ3n) is 1.59. The van der Waals surface area contributed by atoms with Crippen molar-refractivity contribution in [1.29, 1.82) is 0 Å². The summed E-state index contributed by atoms with van der Waals surface area (Å²) in [6.45, 7) is 0. The zero-order valence-corrected chi connectivity index (χ0v) is 9.16. The zero-order valence-electron chi connectivity index (χ0n) is 8.34. The molecule has 0 radical (unpaired) electrons. The van der Waals surface area contributed by atoms with Gasteiger partial charge in [-0.1, -0.05) is 6.07 Å². The Morgan fingerprint density at radius 2 is 2.06 bits per heavy atom. The first-order chi connectivity index (χ1) is 7.58. The lowest BCUT2D eigenvalue weighted by Gasteiger charge is -2.04. The van der Waals surface area contributed by atoms with Crippen LogP contribution in [0.4, 0.5) is 5.69 Å². The standard InChI is InChI=1S/C10H11NO4S/c12-8-3-1-2-7(4-8)11-9(13)5-16-6-10(14)15/h1-4,12H,5-6H2,(H,11,13)(H,14,15). The SMILES string of the molecule is O=C(O)CSCC(=O)Nc1cccc(O)c1. The van der Waals surface area contributed by atoms with Gasteiger partial charge in [0.1, 0.15) is 5.75 Å². The highest BCUT2D eigenvalue weighted by atomic mass is 32.2. The van der Waals surface area contributed by atoms with Crippen molar-refractivity contribution < 1.29 is 19.8 Å². The third kappa shape index (κ3) is 4.70. The summed E-state index contributed by atoms with van der Waals surface area (Å²) in [6, 6.07) is 6.16. The van der Waals surface area contributed by atoms with E-state index in [0.717, 1.165) is 11.8 Å². The molecule has 0 saturated heterocycles. The Kier molecular flexibility index (Phi) is 4.65. The van der Waals surface area contributed by atoms with Crippen LogP contribution in [0.25, 0.3) is 0 Å². The van der Waals surface area contributed by atoms with Gasteiger partial charge in [-0.15, -0.1) is 11.8 Å². The Bertz CT molecular complexity index is 394. The fourth-order valence-corrected chi connectivity index (χ4v) is 1.55. The Hall–Kier alpha value is -1.69. The number of hydrogen-bond acceptors (Lipinski definition) is 4. The number of carbonyl (C=O) groups excluding carboxylic acids is 1. The van der Waals surface area contributed by atoms with E-state index in [-0.39, 0.29) is 23.2 Å². The highest BCUT2D eigenvalue weighted by Gasteiger charge is 2.04. The van der Waals surface area contributed by atoms with E-state index in [9.17, 15) is 9.59 Å². The van der Waals surface area contributed by atoms with Gasteiger partial charge in [-0.2, -0.15) is 0 Å². The number of benzene rings is 1. The summed E-state index contributed by atoms with van der Waals surface area (Å²) in [5.74, 6) is -1.21. The van der Waals surface area contributed by atoms with E-state index in [1.807, 2.05) is 0 Å². The lowest BCUT2D eigenvalue weighted by Crippen LogP contribution is -2.15. The maximum atomic E-state index is 11.3. The van der Waals surface area contributed by atoms with Crippen LogP contribution >= 0.6 is 11.8 Å². The molecule has 0 spiro atoms. The molecular weight excluding hydrogens is 230 g/mol. The Morgan fingerprint density at radius 3 is 2.69 bits per heavy atom. The van der Waals surface area contributed by atoms with Crippen molar-refractivity contribution in [2.45, 2.75) is 0 Å². The van der Waals surface area contributed by atoms with Crippen LogP contribution in [0.1, 0.15) is 0 Å². The molecule has 16 heavy (non-hydrogen) atoms. The normalized spacial score (nSPS) is 9.75. The molecule has 86 valence electrons. The number of carboxylic acid groups (broad SMARTS) is 1. The van der Waals surface area contributed by atoms with Crippen molar-refractivity contribution in [3.8, 4) is 5.75 Å². The quantitative estimate of drug-likeness (QED) is 0.719. The van der Waals surface area contributed by atoms with Crippen molar-refractivity contribution >= 4 is 29.3 Å². The highest BCUT2D eigenvalue weighted by molar-refractivity contribution is 8.00. The number of hydrogen-bond donors (Lipinski definition) is 3. The summed E-state index contributed by atoms with van der Waals surface area (Å²) >= 11 is 1.02. The first-order valence-corrected chi connectivity index (χ1v) is 5.62. The first kappa shape index (κ1) is 12.4. The van der Waals surface area contributed by atoms with E-state index in [1.54, 1.807) is 12.1 Å². The van der Waals surface area contributed by atoms with E-state index in [1.165, 1.54) is 12.1 Å². The van der Waals surface area contributed by atoms with E-state index in [0.29, 0.717) is 5.69 Å². The van der Waals surface area contributed by atoms with Crippen molar-refractivity contribution in [3.05, 3.63) is 24.3 Å². The van der Waals surface area contributed by atoms with Crippen LogP contribution < -0.4 is 5.32 Å². The molecule has 0 unspecified atom stereocenters. The number of phenolic OH excluding ortho intramolecular Hbond substituents is 1. The van der Waals surface area contributed by atoms with Gasteiger partial charge in [0.15, 0.2) is 0 Å². The predicted molar refractivity (Wildman–Crippen MR) is 61.7 cm³/mol. The minimum Gasteiger partial charge on any atom is -0.508 e. The molecule has 1 rings (SSSR count). The number of aromatic hydroxyl groups is 1. The van der Waals surface area contributed by atoms with Crippen LogP contribution in [0.3, 0.4) is 0 Å². The summed E-state index contributed by atoms with van der Waals surface area (Å²) in [7, 11) is 0. The van der Waals surface area contributed by atoms with Gasteiger partial charge in [0.2, 0.25) is 5.91 Å². The molecule has 1 amide bonds. The molecular formula is C10H11NO4S. The molecule has 0 aliphatic heterocycles. The molecule has 5 nitrogen and oxygen atoms in total. The van der Waals surface area contributed by atoms with Gasteiger partial charge in [0.25, 0.3) is 0 Å². The van der Waals surface area contributed by atoms with Gasteiger partial charge in [-0.05, 0) is 12.1 Å². The largest absolute Gasteiger partial charge is 0.508 e. The number of carbonyl (C=O) groups is 2. The number of amides is 1. The minimum absolute atomic E-state index is 0.0657. The molecule has 0 heterocycles. The minimum atomic E-state index is -0.949. The molecule has 6 heteroatoms. The zero-order chi connectivity index (χ0) is 12.0. The number of nitrogens with one attached hydrogen (secondary N) is 1. The predicted octanol–water partition coefficient (Wildman–Crippen LogP) is 1.15. The average molecular weight is 241 g/mol. The smallest absolute Gasteiger partial charge is 0.313 e. The topological polar surface area (TPSA) is 86.6 Å². The van der Waals surface area contributed by atoms with E-state index in [4.69, 9.17) is 10.2 Å². The van der Waals surface area contributed by atoms with Gasteiger partial charge in [-0.25, -0.2) is 0 Å². The highest BCUT2D eigenvalue weighted by Crippen LogP contribution is 2.15. The number of phenols is 1. The van der Waals surface area contributed by atoms with Gasteiger partial charge < -0.3 is 15.5 Å². The van der Waals surface area contributed by atoms with Crippen molar-refractivity contribution in [1.82, 2.24) is 0 Å². The lowest BCUT2D eigenvalue weighted by molar-refractivity contribution is -0.133. The van der Waals surface area contributed by atoms with E-state index >= 15 is 0 Å². The van der Waals surface area contributed by atoms with E-state index in [2.05, 4.69) is 5.32 Å². The number of thioether (sulfide) groups is 1. The first-order valence-electron chi connectivity index (χ1n) is 4.46. The van der Waals surface area contributed by atoms with Gasteiger partial charge >= 0.3 is 5.97 Å². The molecule has 0 fully saturated rings. The number of anilines is 1. The van der Waals surface area contributed by atoms with Crippen LogP contribution in [-0.2, 0) is 9.59 Å². The van der Waals surface area contributed by atoms with Crippen LogP contribution in [-0.4, -0.2) is 33.6 Å². The molecule has 1 aromatic carbocycles. The van der Waals surface area contributed by atoms with Crippen LogP contribution in [0.5, 0.6) is 5.75 Å². The summed E-state index contributed by atoms with van der Waals surface area (Å²) < 4.78 is 0. The van der Waals surface area contributed by atoms with Gasteiger partial charge in [-0.3, -0.25) is 9.59 Å². The monoisotopic (exact) mass is 241 g/mol. The number of carboxylic acids is 1. The maximum absolute atomic E-state index is 11.3. The molecule has 3 N–H and O–H groups in total. The van der Waals surface area contributed by atoms with Crippen molar-refractivity contribution in [3.63, 3.8) is 0 Å². The molecule has 0 aliphatic rings.